The van der Waals surface area contributed by atoms with Gasteiger partial charge in [0.05, 0.1) is 4.34 Å². The monoisotopic (exact) mass is 271 g/mol. The number of rotatable bonds is 0. The van der Waals surface area contributed by atoms with Gasteiger partial charge < -0.3 is 9.64 Å². The molecule has 0 bridgehead atoms. The molecule has 2 aliphatic rings. The van der Waals surface area contributed by atoms with Crippen molar-refractivity contribution in [1.29, 1.82) is 0 Å². The van der Waals surface area contributed by atoms with Gasteiger partial charge in [0, 0.05) is 23.5 Å². The number of fused-ring (bicyclic) bond motifs is 2. The Morgan fingerprint density at radius 3 is 2.88 bits per heavy atom. The lowest BCUT2D eigenvalue weighted by atomic mass is 9.85. The van der Waals surface area contributed by atoms with Gasteiger partial charge in [-0.1, -0.05) is 11.6 Å². The van der Waals surface area contributed by atoms with Crippen molar-refractivity contribution >= 4 is 28.7 Å². The van der Waals surface area contributed by atoms with E-state index in [0.717, 1.165) is 36.4 Å². The average molecular weight is 272 g/mol. The van der Waals surface area contributed by atoms with Gasteiger partial charge in [-0.15, -0.1) is 11.3 Å². The van der Waals surface area contributed by atoms with E-state index in [2.05, 4.69) is 11.9 Å². The standard InChI is InChI=1S/C12H14ClNO2S/c1-14-4-2-12(3-5-14)11-8(6-10(13)17-11)9(15)7-16-12/h6H,2-5,7H2,1H3. The largest absolute Gasteiger partial charge is 0.361 e. The van der Waals surface area contributed by atoms with Crippen LogP contribution in [0.2, 0.25) is 4.34 Å². The minimum atomic E-state index is -0.256. The Hall–Kier alpha value is -0.420. The van der Waals surface area contributed by atoms with Gasteiger partial charge in [0.25, 0.3) is 0 Å². The fourth-order valence-electron chi connectivity index (χ4n) is 2.60. The lowest BCUT2D eigenvalue weighted by molar-refractivity contribution is -0.0810. The Balaban J connectivity index is 2.02. The summed E-state index contributed by atoms with van der Waals surface area (Å²) < 4.78 is 6.57. The summed E-state index contributed by atoms with van der Waals surface area (Å²) in [5.41, 5.74) is 0.531. The first kappa shape index (κ1) is 11.7. The molecule has 1 aromatic rings. The molecule has 0 N–H and O–H groups in total. The minimum Gasteiger partial charge on any atom is -0.361 e. The van der Waals surface area contributed by atoms with Gasteiger partial charge in [-0.25, -0.2) is 0 Å². The molecule has 0 atom stereocenters. The van der Waals surface area contributed by atoms with Crippen LogP contribution < -0.4 is 0 Å². The summed E-state index contributed by atoms with van der Waals surface area (Å²) in [6, 6.07) is 1.80. The van der Waals surface area contributed by atoms with Gasteiger partial charge in [0.2, 0.25) is 0 Å². The Kier molecular flexibility index (Phi) is 2.78. The molecule has 2 aliphatic heterocycles. The molecule has 1 fully saturated rings. The molecule has 0 aromatic carbocycles. The normalized spacial score (nSPS) is 24.0. The first-order valence-electron chi connectivity index (χ1n) is 5.76. The summed E-state index contributed by atoms with van der Waals surface area (Å²) in [5.74, 6) is 0.0627. The van der Waals surface area contributed by atoms with Crippen LogP contribution in [0, 0.1) is 0 Å². The third kappa shape index (κ3) is 1.83. The van der Waals surface area contributed by atoms with Crippen molar-refractivity contribution < 1.29 is 9.53 Å². The van der Waals surface area contributed by atoms with Crippen LogP contribution in [-0.2, 0) is 10.3 Å². The lowest BCUT2D eigenvalue weighted by Crippen LogP contribution is -2.45. The second-order valence-corrected chi connectivity index (χ2v) is 6.49. The van der Waals surface area contributed by atoms with Gasteiger partial charge in [0.1, 0.15) is 12.2 Å². The van der Waals surface area contributed by atoms with Gasteiger partial charge in [-0.2, -0.15) is 0 Å². The first-order valence-corrected chi connectivity index (χ1v) is 6.96. The maximum atomic E-state index is 11.8. The minimum absolute atomic E-state index is 0.0627. The average Bonchev–Trinajstić information content (AvgIpc) is 2.71. The van der Waals surface area contributed by atoms with Gasteiger partial charge in [-0.05, 0) is 26.0 Å². The molecular weight excluding hydrogens is 258 g/mol. The molecule has 0 unspecified atom stereocenters. The maximum absolute atomic E-state index is 11.8. The number of thiophene rings is 1. The van der Waals surface area contributed by atoms with Crippen LogP contribution in [0.3, 0.4) is 0 Å². The van der Waals surface area contributed by atoms with E-state index in [1.54, 1.807) is 6.07 Å². The van der Waals surface area contributed by atoms with E-state index in [1.165, 1.54) is 11.3 Å². The van der Waals surface area contributed by atoms with Crippen molar-refractivity contribution in [1.82, 2.24) is 4.90 Å². The molecule has 0 saturated carbocycles. The Morgan fingerprint density at radius 2 is 2.18 bits per heavy atom. The number of nitrogens with zero attached hydrogens (tertiary/aromatic N) is 1. The number of piperidine rings is 1. The molecule has 1 spiro atoms. The van der Waals surface area contributed by atoms with E-state index < -0.39 is 0 Å². The molecule has 92 valence electrons. The highest BCUT2D eigenvalue weighted by atomic mass is 35.5. The fourth-order valence-corrected chi connectivity index (χ4v) is 4.05. The van der Waals surface area contributed by atoms with E-state index in [1.807, 2.05) is 0 Å². The van der Waals surface area contributed by atoms with Crippen molar-refractivity contribution in [3.05, 3.63) is 20.8 Å². The van der Waals surface area contributed by atoms with Crippen LogP contribution in [0.4, 0.5) is 0 Å². The molecule has 0 amide bonds. The highest BCUT2D eigenvalue weighted by Gasteiger charge is 2.44. The molecule has 5 heteroatoms. The number of Topliss-reactive ketones (excluding diaryl/α,β-unsaturated/α-hetero) is 1. The summed E-state index contributed by atoms with van der Waals surface area (Å²) in [7, 11) is 2.11. The lowest BCUT2D eigenvalue weighted by Gasteiger charge is -2.42. The zero-order valence-electron chi connectivity index (χ0n) is 9.66. The molecule has 0 radical (unpaired) electrons. The fraction of sp³-hybridized carbons (Fsp3) is 0.583. The van der Waals surface area contributed by atoms with Crippen molar-refractivity contribution in [2.45, 2.75) is 18.4 Å². The molecule has 3 heterocycles. The summed E-state index contributed by atoms with van der Waals surface area (Å²) in [6.45, 7) is 2.20. The highest BCUT2D eigenvalue weighted by Crippen LogP contribution is 2.46. The number of carbonyl (C=O) groups is 1. The Labute approximate surface area is 109 Å². The second-order valence-electron chi connectivity index (χ2n) is 4.80. The van der Waals surface area contributed by atoms with Crippen LogP contribution in [0.5, 0.6) is 0 Å². The van der Waals surface area contributed by atoms with Gasteiger partial charge in [0.15, 0.2) is 5.78 Å². The molecule has 3 nitrogen and oxygen atoms in total. The summed E-state index contributed by atoms with van der Waals surface area (Å²) in [6.07, 6.45) is 1.89. The smallest absolute Gasteiger partial charge is 0.189 e. The molecule has 1 saturated heterocycles. The van der Waals surface area contributed by atoms with E-state index >= 15 is 0 Å². The highest BCUT2D eigenvalue weighted by molar-refractivity contribution is 7.16. The molecule has 0 aliphatic carbocycles. The number of hydrogen-bond acceptors (Lipinski definition) is 4. The van der Waals surface area contributed by atoms with E-state index in [-0.39, 0.29) is 18.0 Å². The number of likely N-dealkylation sites (tertiary alicyclic amines) is 1. The van der Waals surface area contributed by atoms with Crippen LogP contribution in [0.25, 0.3) is 0 Å². The maximum Gasteiger partial charge on any atom is 0.189 e. The third-order valence-electron chi connectivity index (χ3n) is 3.69. The number of ether oxygens (including phenoxy) is 1. The van der Waals surface area contributed by atoms with Crippen LogP contribution in [0.1, 0.15) is 28.1 Å². The molecular formula is C12H14ClNO2S. The van der Waals surface area contributed by atoms with Crippen molar-refractivity contribution in [3.63, 3.8) is 0 Å². The zero-order chi connectivity index (χ0) is 12.0. The topological polar surface area (TPSA) is 29.5 Å². The van der Waals surface area contributed by atoms with Gasteiger partial charge in [-0.3, -0.25) is 4.79 Å². The van der Waals surface area contributed by atoms with Crippen LogP contribution >= 0.6 is 22.9 Å². The SMILES string of the molecule is CN1CCC2(CC1)OCC(=O)c1cc(Cl)sc12. The van der Waals surface area contributed by atoms with E-state index in [9.17, 15) is 4.79 Å². The van der Waals surface area contributed by atoms with Gasteiger partial charge >= 0.3 is 0 Å². The number of halogens is 1. The molecule has 17 heavy (non-hydrogen) atoms. The van der Waals surface area contributed by atoms with Crippen molar-refractivity contribution in [2.24, 2.45) is 0 Å². The van der Waals surface area contributed by atoms with E-state index in [4.69, 9.17) is 16.3 Å². The Morgan fingerprint density at radius 1 is 1.47 bits per heavy atom. The quantitative estimate of drug-likeness (QED) is 0.726. The Bertz CT molecular complexity index is 463. The zero-order valence-corrected chi connectivity index (χ0v) is 11.2. The summed E-state index contributed by atoms with van der Waals surface area (Å²) >= 11 is 7.55. The van der Waals surface area contributed by atoms with E-state index in [0.29, 0.717) is 4.34 Å². The summed E-state index contributed by atoms with van der Waals surface area (Å²) in [4.78, 5) is 15.1. The third-order valence-corrected chi connectivity index (χ3v) is 5.14. The first-order chi connectivity index (χ1) is 8.11. The molecule has 1 aromatic heterocycles. The van der Waals surface area contributed by atoms with Crippen molar-refractivity contribution in [2.75, 3.05) is 26.7 Å². The van der Waals surface area contributed by atoms with Crippen LogP contribution in [-0.4, -0.2) is 37.4 Å². The predicted molar refractivity (Wildman–Crippen MR) is 68.0 cm³/mol. The van der Waals surface area contributed by atoms with Crippen LogP contribution in [0.15, 0.2) is 6.07 Å². The predicted octanol–water partition coefficient (Wildman–Crippen LogP) is 2.54. The second kappa shape index (κ2) is 4.05. The number of ketones is 1. The summed E-state index contributed by atoms with van der Waals surface area (Å²) in [5, 5.41) is 0. The van der Waals surface area contributed by atoms with Crippen molar-refractivity contribution in [3.8, 4) is 0 Å². The molecule has 3 rings (SSSR count). The number of hydrogen-bond donors (Lipinski definition) is 0. The number of carbonyl (C=O) groups excluding carboxylic acids is 1.